The third-order valence-electron chi connectivity index (χ3n) is 2.61. The fraction of sp³-hybridized carbons (Fsp3) is 0.636. The van der Waals surface area contributed by atoms with E-state index in [1.165, 1.54) is 16.9 Å². The normalized spacial score (nSPS) is 13.1. The second-order valence-electron chi connectivity index (χ2n) is 5.31. The number of rotatable bonds is 5. The molecule has 1 unspecified atom stereocenters. The number of carbonyl (C=O) groups is 1. The summed E-state index contributed by atoms with van der Waals surface area (Å²) in [5.74, 6) is -0.663. The van der Waals surface area contributed by atoms with Crippen molar-refractivity contribution in [3.05, 3.63) is 22.4 Å². The quantitative estimate of drug-likeness (QED) is 0.591. The van der Waals surface area contributed by atoms with Crippen LogP contribution in [-0.2, 0) is 11.3 Å². The molecule has 0 fully saturated rings. The number of aliphatic hydroxyl groups is 1. The van der Waals surface area contributed by atoms with Gasteiger partial charge in [-0.1, -0.05) is 20.8 Å². The highest BCUT2D eigenvalue weighted by atomic mass is 16.6. The zero-order chi connectivity index (χ0) is 14.6. The molecule has 8 heteroatoms. The Morgan fingerprint density at radius 3 is 2.74 bits per heavy atom. The fourth-order valence-electron chi connectivity index (χ4n) is 1.26. The number of amides is 1. The van der Waals surface area contributed by atoms with Crippen molar-refractivity contribution in [2.75, 3.05) is 6.54 Å². The van der Waals surface area contributed by atoms with Crippen LogP contribution in [0.4, 0.5) is 5.82 Å². The maximum atomic E-state index is 11.6. The van der Waals surface area contributed by atoms with Crippen LogP contribution in [0.5, 0.6) is 0 Å². The Balaban J connectivity index is 2.45. The molecule has 1 amide bonds. The van der Waals surface area contributed by atoms with Crippen LogP contribution in [-0.4, -0.2) is 38.4 Å². The molecule has 0 aliphatic rings. The summed E-state index contributed by atoms with van der Waals surface area (Å²) in [5, 5.41) is 26.3. The maximum absolute atomic E-state index is 11.6. The molecular weight excluding hydrogens is 252 g/mol. The van der Waals surface area contributed by atoms with Crippen LogP contribution in [0, 0.1) is 15.5 Å². The molecule has 2 N–H and O–H groups in total. The monoisotopic (exact) mass is 270 g/mol. The molecule has 8 nitrogen and oxygen atoms in total. The van der Waals surface area contributed by atoms with Crippen molar-refractivity contribution in [2.24, 2.45) is 5.41 Å². The summed E-state index contributed by atoms with van der Waals surface area (Å²) in [6, 6.07) is 1.22. The smallest absolute Gasteiger partial charge is 0.389 e. The van der Waals surface area contributed by atoms with E-state index < -0.39 is 11.0 Å². The van der Waals surface area contributed by atoms with E-state index in [4.69, 9.17) is 0 Å². The van der Waals surface area contributed by atoms with Crippen LogP contribution in [0.3, 0.4) is 0 Å². The van der Waals surface area contributed by atoms with Gasteiger partial charge in [-0.15, -0.1) is 0 Å². The molecule has 19 heavy (non-hydrogen) atoms. The first-order valence-electron chi connectivity index (χ1n) is 5.83. The molecule has 0 radical (unpaired) electrons. The number of carbonyl (C=O) groups excluding carboxylic acids is 1. The Kier molecular flexibility index (Phi) is 4.60. The van der Waals surface area contributed by atoms with Crippen molar-refractivity contribution < 1.29 is 14.8 Å². The summed E-state index contributed by atoms with van der Waals surface area (Å²) in [7, 11) is 0. The number of nitro groups is 1. The molecule has 0 saturated carbocycles. The number of nitrogens with one attached hydrogen (secondary N) is 1. The summed E-state index contributed by atoms with van der Waals surface area (Å²) in [4.78, 5) is 21.4. The first-order valence-corrected chi connectivity index (χ1v) is 5.83. The zero-order valence-electron chi connectivity index (χ0n) is 11.2. The Labute approximate surface area is 110 Å². The lowest BCUT2D eigenvalue weighted by molar-refractivity contribution is -0.389. The topological polar surface area (TPSA) is 110 Å². The van der Waals surface area contributed by atoms with Gasteiger partial charge in [-0.25, -0.2) is 0 Å². The summed E-state index contributed by atoms with van der Waals surface area (Å²) in [5.41, 5.74) is -0.322. The van der Waals surface area contributed by atoms with Gasteiger partial charge in [0.15, 0.2) is 0 Å². The molecule has 0 spiro atoms. The molecule has 1 atom stereocenters. The second kappa shape index (κ2) is 5.79. The minimum atomic E-state index is -0.664. The van der Waals surface area contributed by atoms with Crippen LogP contribution in [0.25, 0.3) is 0 Å². The van der Waals surface area contributed by atoms with E-state index >= 15 is 0 Å². The predicted octanol–water partition coefficient (Wildman–Crippen LogP) is 0.314. The van der Waals surface area contributed by atoms with Crippen molar-refractivity contribution in [1.82, 2.24) is 15.1 Å². The zero-order valence-corrected chi connectivity index (χ0v) is 11.2. The average molecular weight is 270 g/mol. The van der Waals surface area contributed by atoms with E-state index in [1.54, 1.807) is 0 Å². The fourth-order valence-corrected chi connectivity index (χ4v) is 1.26. The molecule has 1 rings (SSSR count). The first kappa shape index (κ1) is 15.1. The number of hydrogen-bond acceptors (Lipinski definition) is 5. The van der Waals surface area contributed by atoms with Gasteiger partial charge in [-0.2, -0.15) is 4.68 Å². The van der Waals surface area contributed by atoms with Crippen LogP contribution >= 0.6 is 0 Å². The van der Waals surface area contributed by atoms with Gasteiger partial charge >= 0.3 is 5.82 Å². The van der Waals surface area contributed by atoms with Gasteiger partial charge < -0.3 is 20.5 Å². The van der Waals surface area contributed by atoms with Crippen LogP contribution < -0.4 is 5.32 Å². The highest BCUT2D eigenvalue weighted by Crippen LogP contribution is 2.18. The molecule has 1 aromatic rings. The number of nitrogens with zero attached hydrogens (tertiary/aromatic N) is 3. The summed E-state index contributed by atoms with van der Waals surface area (Å²) in [6.07, 6.45) is 0.696. The van der Waals surface area contributed by atoms with Gasteiger partial charge in [0.2, 0.25) is 5.91 Å². The molecule has 0 saturated heterocycles. The average Bonchev–Trinajstić information content (AvgIpc) is 2.73. The summed E-state index contributed by atoms with van der Waals surface area (Å²) < 4.78 is 1.18. The van der Waals surface area contributed by atoms with E-state index in [1.807, 2.05) is 20.8 Å². The molecule has 1 aromatic heterocycles. The minimum Gasteiger partial charge on any atom is -0.391 e. The van der Waals surface area contributed by atoms with E-state index in [-0.39, 0.29) is 30.2 Å². The molecule has 1 heterocycles. The van der Waals surface area contributed by atoms with Crippen molar-refractivity contribution in [2.45, 2.75) is 33.4 Å². The van der Waals surface area contributed by atoms with Gasteiger partial charge in [0.1, 0.15) is 6.54 Å². The van der Waals surface area contributed by atoms with Crippen molar-refractivity contribution >= 4 is 11.7 Å². The van der Waals surface area contributed by atoms with Gasteiger partial charge in [-0.3, -0.25) is 4.79 Å². The van der Waals surface area contributed by atoms with Crippen molar-refractivity contribution in [3.63, 3.8) is 0 Å². The van der Waals surface area contributed by atoms with E-state index in [2.05, 4.69) is 10.4 Å². The number of aromatic nitrogens is 2. The van der Waals surface area contributed by atoms with Gasteiger partial charge in [0.05, 0.1) is 23.5 Å². The Bertz CT molecular complexity index is 464. The minimum absolute atomic E-state index is 0.120. The van der Waals surface area contributed by atoms with E-state index in [9.17, 15) is 20.0 Å². The lowest BCUT2D eigenvalue weighted by atomic mass is 9.89. The Morgan fingerprint density at radius 2 is 2.26 bits per heavy atom. The largest absolute Gasteiger partial charge is 0.391 e. The van der Waals surface area contributed by atoms with Crippen molar-refractivity contribution in [1.29, 1.82) is 0 Å². The second-order valence-corrected chi connectivity index (χ2v) is 5.31. The third kappa shape index (κ3) is 4.66. The highest BCUT2D eigenvalue weighted by Gasteiger charge is 2.22. The first-order chi connectivity index (χ1) is 8.70. The molecular formula is C11H18N4O4. The van der Waals surface area contributed by atoms with E-state index in [0.717, 1.165) is 0 Å². The Hall–Kier alpha value is -1.96. The lowest BCUT2D eigenvalue weighted by Gasteiger charge is -2.25. The van der Waals surface area contributed by atoms with Gasteiger partial charge in [0, 0.05) is 6.54 Å². The SMILES string of the molecule is CC(C)(C)C(O)CNC(=O)Cn1ccc([N+](=O)[O-])n1. The van der Waals surface area contributed by atoms with Crippen LogP contribution in [0.1, 0.15) is 20.8 Å². The van der Waals surface area contributed by atoms with Crippen molar-refractivity contribution in [3.8, 4) is 0 Å². The van der Waals surface area contributed by atoms with Crippen LogP contribution in [0.2, 0.25) is 0 Å². The summed E-state index contributed by atoms with van der Waals surface area (Å²) in [6.45, 7) is 5.60. The van der Waals surface area contributed by atoms with E-state index in [0.29, 0.717) is 0 Å². The Morgan fingerprint density at radius 1 is 1.63 bits per heavy atom. The van der Waals surface area contributed by atoms with Gasteiger partial charge in [-0.05, 0) is 10.3 Å². The highest BCUT2D eigenvalue weighted by molar-refractivity contribution is 5.75. The molecule has 0 aliphatic heterocycles. The molecule has 106 valence electrons. The van der Waals surface area contributed by atoms with Gasteiger partial charge in [0.25, 0.3) is 0 Å². The standard InChI is InChI=1S/C11H18N4O4/c1-11(2,3)8(16)6-12-10(17)7-14-5-4-9(13-14)15(18)19/h4-5,8,16H,6-7H2,1-3H3,(H,12,17). The number of aliphatic hydroxyl groups excluding tert-OH is 1. The molecule has 0 aromatic carbocycles. The predicted molar refractivity (Wildman–Crippen MR) is 67.4 cm³/mol. The summed E-state index contributed by atoms with van der Waals surface area (Å²) >= 11 is 0. The lowest BCUT2D eigenvalue weighted by Crippen LogP contribution is -2.40. The molecule has 0 aliphatic carbocycles. The number of hydrogen-bond donors (Lipinski definition) is 2. The third-order valence-corrected chi connectivity index (χ3v) is 2.61. The maximum Gasteiger partial charge on any atom is 0.389 e. The van der Waals surface area contributed by atoms with Crippen LogP contribution in [0.15, 0.2) is 12.3 Å². The molecule has 0 bridgehead atoms.